The zero-order chi connectivity index (χ0) is 18.9. The van der Waals surface area contributed by atoms with E-state index in [0.717, 1.165) is 11.6 Å². The van der Waals surface area contributed by atoms with Gasteiger partial charge in [-0.25, -0.2) is 0 Å². The summed E-state index contributed by atoms with van der Waals surface area (Å²) in [6, 6.07) is 22.8. The van der Waals surface area contributed by atoms with Crippen LogP contribution in [0.25, 0.3) is 5.57 Å². The lowest BCUT2D eigenvalue weighted by Crippen LogP contribution is -2.40. The Morgan fingerprint density at radius 1 is 0.893 bits per heavy atom. The molecule has 2 saturated heterocycles. The van der Waals surface area contributed by atoms with Crippen LogP contribution in [0.3, 0.4) is 0 Å². The number of halogens is 1. The lowest BCUT2D eigenvalue weighted by molar-refractivity contribution is 0.158. The number of hydrogen-bond donors (Lipinski definition) is 0. The second-order valence-electron chi connectivity index (χ2n) is 7.91. The minimum absolute atomic E-state index is 0.627. The van der Waals surface area contributed by atoms with E-state index < -0.39 is 0 Å². The Balaban J connectivity index is 1.48. The van der Waals surface area contributed by atoms with E-state index in [1.165, 1.54) is 47.9 Å². The summed E-state index contributed by atoms with van der Waals surface area (Å²) in [5, 5.41) is 5.39. The van der Waals surface area contributed by atoms with Crippen LogP contribution < -0.4 is 0 Å². The summed E-state index contributed by atoms with van der Waals surface area (Å²) in [4.78, 5) is 2.71. The van der Waals surface area contributed by atoms with Crippen molar-refractivity contribution in [1.82, 2.24) is 4.90 Å². The quantitative estimate of drug-likeness (QED) is 0.450. The molecule has 28 heavy (non-hydrogen) atoms. The van der Waals surface area contributed by atoms with Gasteiger partial charge in [0.2, 0.25) is 0 Å². The van der Waals surface area contributed by atoms with E-state index in [-0.39, 0.29) is 0 Å². The normalized spacial score (nSPS) is 21.8. The average Bonchev–Trinajstić information content (AvgIpc) is 3.31. The zero-order valence-electron chi connectivity index (χ0n) is 15.9. The molecule has 2 atom stereocenters. The van der Waals surface area contributed by atoms with Crippen LogP contribution in [-0.2, 0) is 6.54 Å². The summed E-state index contributed by atoms with van der Waals surface area (Å²) in [6.07, 6.45) is 4.93. The van der Waals surface area contributed by atoms with Gasteiger partial charge in [0, 0.05) is 23.7 Å². The van der Waals surface area contributed by atoms with Crippen LogP contribution in [0.5, 0.6) is 0 Å². The molecule has 0 amide bonds. The Morgan fingerprint density at radius 2 is 1.61 bits per heavy atom. The first kappa shape index (κ1) is 18.2. The van der Waals surface area contributed by atoms with Crippen LogP contribution in [0.2, 0.25) is 5.02 Å². The second kappa shape index (κ2) is 7.87. The lowest BCUT2D eigenvalue weighted by Gasteiger charge is -2.37. The molecule has 3 aromatic rings. The van der Waals surface area contributed by atoms with E-state index in [9.17, 15) is 0 Å². The SMILES string of the molecule is Clc1ccccc1CN1C2CCC1CC(=C(c1ccccc1)c1ccsc1)C2. The van der Waals surface area contributed by atoms with Crippen molar-refractivity contribution in [3.8, 4) is 0 Å². The molecule has 0 saturated carbocycles. The van der Waals surface area contributed by atoms with Gasteiger partial charge in [-0.1, -0.05) is 65.7 Å². The summed E-state index contributed by atoms with van der Waals surface area (Å²) in [6.45, 7) is 0.974. The predicted molar refractivity (Wildman–Crippen MR) is 120 cm³/mol. The van der Waals surface area contributed by atoms with Gasteiger partial charge in [-0.15, -0.1) is 0 Å². The number of thiophene rings is 1. The van der Waals surface area contributed by atoms with Gasteiger partial charge >= 0.3 is 0 Å². The molecule has 2 aliphatic heterocycles. The molecular weight excluding hydrogens is 382 g/mol. The van der Waals surface area contributed by atoms with Gasteiger partial charge in [0.25, 0.3) is 0 Å². The smallest absolute Gasteiger partial charge is 0.0451 e. The van der Waals surface area contributed by atoms with Gasteiger partial charge in [0.15, 0.2) is 0 Å². The molecule has 3 heterocycles. The minimum Gasteiger partial charge on any atom is -0.292 e. The van der Waals surface area contributed by atoms with Crippen molar-refractivity contribution in [3.05, 3.63) is 98.7 Å². The predicted octanol–water partition coefficient (Wildman–Crippen LogP) is 7.03. The first-order valence-electron chi connectivity index (χ1n) is 10.1. The molecule has 0 N–H and O–H groups in total. The molecule has 0 radical (unpaired) electrons. The third kappa shape index (κ3) is 3.45. The van der Waals surface area contributed by atoms with Crippen molar-refractivity contribution in [2.75, 3.05) is 0 Å². The van der Waals surface area contributed by atoms with E-state index in [4.69, 9.17) is 11.6 Å². The maximum atomic E-state index is 6.45. The molecule has 3 heteroatoms. The van der Waals surface area contributed by atoms with Crippen LogP contribution in [0.15, 0.2) is 77.0 Å². The number of nitrogens with zero attached hydrogens (tertiary/aromatic N) is 1. The molecule has 2 unspecified atom stereocenters. The minimum atomic E-state index is 0.627. The maximum Gasteiger partial charge on any atom is 0.0451 e. The zero-order valence-corrected chi connectivity index (χ0v) is 17.4. The number of rotatable bonds is 4. The molecule has 1 aromatic heterocycles. The van der Waals surface area contributed by atoms with Crippen LogP contribution in [0.4, 0.5) is 0 Å². The van der Waals surface area contributed by atoms with E-state index in [2.05, 4.69) is 64.2 Å². The largest absolute Gasteiger partial charge is 0.292 e. The maximum absolute atomic E-state index is 6.45. The summed E-state index contributed by atoms with van der Waals surface area (Å²) in [5.41, 5.74) is 7.10. The first-order chi connectivity index (χ1) is 13.8. The highest BCUT2D eigenvalue weighted by Crippen LogP contribution is 2.44. The van der Waals surface area contributed by atoms with Crippen LogP contribution in [0.1, 0.15) is 42.4 Å². The molecule has 2 bridgehead atoms. The third-order valence-electron chi connectivity index (χ3n) is 6.27. The monoisotopic (exact) mass is 405 g/mol. The van der Waals surface area contributed by atoms with Crippen LogP contribution in [0, 0.1) is 0 Å². The standard InChI is InChI=1S/C25H24ClNS/c26-24-9-5-4-8-19(24)16-27-22-10-11-23(27)15-21(14-22)25(20-12-13-28-17-20)18-6-2-1-3-7-18/h1-9,12-13,17,22-23H,10-11,14-16H2. The highest BCUT2D eigenvalue weighted by molar-refractivity contribution is 7.08. The molecule has 2 aromatic carbocycles. The fourth-order valence-electron chi connectivity index (χ4n) is 4.98. The van der Waals surface area contributed by atoms with Gasteiger partial charge in [-0.05, 0) is 70.8 Å². The number of piperidine rings is 1. The molecule has 2 fully saturated rings. The van der Waals surface area contributed by atoms with Crippen molar-refractivity contribution in [1.29, 1.82) is 0 Å². The molecule has 0 spiro atoms. The van der Waals surface area contributed by atoms with Gasteiger partial charge in [-0.2, -0.15) is 11.3 Å². The van der Waals surface area contributed by atoms with Crippen molar-refractivity contribution in [2.24, 2.45) is 0 Å². The molecule has 1 nitrogen and oxygen atoms in total. The number of fused-ring (bicyclic) bond motifs is 2. The third-order valence-corrected chi connectivity index (χ3v) is 7.32. The fraction of sp³-hybridized carbons (Fsp3) is 0.280. The fourth-order valence-corrected chi connectivity index (χ4v) is 5.82. The second-order valence-corrected chi connectivity index (χ2v) is 9.10. The summed E-state index contributed by atoms with van der Waals surface area (Å²) in [5.74, 6) is 0. The van der Waals surface area contributed by atoms with Gasteiger partial charge in [0.05, 0.1) is 0 Å². The van der Waals surface area contributed by atoms with Gasteiger partial charge < -0.3 is 0 Å². The lowest BCUT2D eigenvalue weighted by atomic mass is 9.86. The molecule has 5 rings (SSSR count). The Morgan fingerprint density at radius 3 is 2.29 bits per heavy atom. The number of benzene rings is 2. The van der Waals surface area contributed by atoms with Crippen molar-refractivity contribution < 1.29 is 0 Å². The van der Waals surface area contributed by atoms with E-state index in [1.807, 2.05) is 12.1 Å². The Hall–Kier alpha value is -1.87. The highest BCUT2D eigenvalue weighted by atomic mass is 35.5. The summed E-state index contributed by atoms with van der Waals surface area (Å²) in [7, 11) is 0. The topological polar surface area (TPSA) is 3.24 Å². The van der Waals surface area contributed by atoms with E-state index >= 15 is 0 Å². The van der Waals surface area contributed by atoms with Crippen molar-refractivity contribution in [2.45, 2.75) is 44.3 Å². The summed E-state index contributed by atoms with van der Waals surface area (Å²) < 4.78 is 0. The molecule has 2 aliphatic rings. The average molecular weight is 406 g/mol. The molecule has 142 valence electrons. The Labute approximate surface area is 176 Å². The van der Waals surface area contributed by atoms with Crippen LogP contribution >= 0.6 is 22.9 Å². The highest BCUT2D eigenvalue weighted by Gasteiger charge is 2.39. The Bertz CT molecular complexity index is 961. The van der Waals surface area contributed by atoms with Crippen molar-refractivity contribution >= 4 is 28.5 Å². The Kier molecular flexibility index (Phi) is 5.11. The van der Waals surface area contributed by atoms with E-state index in [0.29, 0.717) is 12.1 Å². The first-order valence-corrected chi connectivity index (χ1v) is 11.4. The number of hydrogen-bond acceptors (Lipinski definition) is 2. The molecule has 0 aliphatic carbocycles. The van der Waals surface area contributed by atoms with Crippen LogP contribution in [-0.4, -0.2) is 17.0 Å². The van der Waals surface area contributed by atoms with Gasteiger partial charge in [-0.3, -0.25) is 4.90 Å². The van der Waals surface area contributed by atoms with E-state index in [1.54, 1.807) is 16.9 Å². The summed E-state index contributed by atoms with van der Waals surface area (Å²) >= 11 is 8.24. The van der Waals surface area contributed by atoms with Crippen molar-refractivity contribution in [3.63, 3.8) is 0 Å². The molecular formula is C25H24ClNS. The van der Waals surface area contributed by atoms with Gasteiger partial charge in [0.1, 0.15) is 0 Å².